The topological polar surface area (TPSA) is 63.1 Å². The normalized spacial score (nSPS) is 15.6. The molecule has 0 saturated carbocycles. The fourth-order valence-electron chi connectivity index (χ4n) is 4.01. The molecule has 6 nitrogen and oxygen atoms in total. The minimum Gasteiger partial charge on any atom is -0.350 e. The van der Waals surface area contributed by atoms with Gasteiger partial charge in [-0.05, 0) is 50.6 Å². The van der Waals surface area contributed by atoms with Gasteiger partial charge in [0.15, 0.2) is 5.82 Å². The molecule has 1 aliphatic heterocycles. The quantitative estimate of drug-likeness (QED) is 0.622. The third-order valence-corrected chi connectivity index (χ3v) is 5.77. The summed E-state index contributed by atoms with van der Waals surface area (Å²) in [6.07, 6.45) is 0.00104. The molecule has 1 aliphatic rings. The summed E-state index contributed by atoms with van der Waals surface area (Å²) in [5.41, 5.74) is 1.18. The molecule has 1 fully saturated rings. The van der Waals surface area contributed by atoms with Crippen molar-refractivity contribution in [2.45, 2.75) is 32.0 Å². The van der Waals surface area contributed by atoms with E-state index >= 15 is 0 Å². The number of hydrogen-bond acceptors (Lipinski definition) is 4. The third kappa shape index (κ3) is 4.67. The van der Waals surface area contributed by atoms with E-state index in [0.29, 0.717) is 17.8 Å². The lowest BCUT2D eigenvalue weighted by atomic mass is 10.1. The number of benzene rings is 1. The molecule has 32 heavy (non-hydrogen) atoms. The number of likely N-dealkylation sites (tertiary alicyclic amines) is 1. The van der Waals surface area contributed by atoms with Crippen LogP contribution in [0.25, 0.3) is 5.82 Å². The fraction of sp³-hybridized carbons (Fsp3) is 0.348. The van der Waals surface area contributed by atoms with Crippen LogP contribution in [0.4, 0.5) is 13.2 Å². The van der Waals surface area contributed by atoms with Crippen molar-refractivity contribution >= 4 is 5.91 Å². The van der Waals surface area contributed by atoms with Crippen LogP contribution in [0.5, 0.6) is 0 Å². The molecule has 0 spiro atoms. The lowest BCUT2D eigenvalue weighted by Gasteiger charge is -2.28. The van der Waals surface area contributed by atoms with E-state index in [2.05, 4.69) is 32.4 Å². The first-order chi connectivity index (χ1) is 15.3. The number of aromatic nitrogens is 3. The molecule has 2 aromatic heterocycles. The standard InChI is InChI=1S/C23H24F3N5O/c1-16-19(14-29-31(16)21-10-9-18(13-27-21)23(24,25)26)22(32)28-15-20(30-11-5-6-12-30)17-7-3-2-4-8-17/h2-4,7-10,13-14,20H,5-6,11-12,15H2,1H3,(H,28,32)/t20-/m0/s1. The van der Waals surface area contributed by atoms with E-state index < -0.39 is 11.7 Å². The van der Waals surface area contributed by atoms with Gasteiger partial charge in [-0.3, -0.25) is 9.69 Å². The van der Waals surface area contributed by atoms with Crippen molar-refractivity contribution < 1.29 is 18.0 Å². The van der Waals surface area contributed by atoms with E-state index in [4.69, 9.17) is 0 Å². The summed E-state index contributed by atoms with van der Waals surface area (Å²) >= 11 is 0. The second-order valence-electron chi connectivity index (χ2n) is 7.84. The summed E-state index contributed by atoms with van der Waals surface area (Å²) in [6.45, 7) is 4.13. The minimum absolute atomic E-state index is 0.0783. The molecular formula is C23H24F3N5O. The van der Waals surface area contributed by atoms with Gasteiger partial charge in [0.05, 0.1) is 29.1 Å². The van der Waals surface area contributed by atoms with E-state index in [1.807, 2.05) is 18.2 Å². The van der Waals surface area contributed by atoms with Gasteiger partial charge in [-0.25, -0.2) is 9.67 Å². The number of alkyl halides is 3. The third-order valence-electron chi connectivity index (χ3n) is 5.77. The van der Waals surface area contributed by atoms with E-state index in [0.717, 1.165) is 43.8 Å². The molecule has 0 bridgehead atoms. The molecule has 0 aliphatic carbocycles. The molecule has 168 valence electrons. The molecule has 9 heteroatoms. The molecule has 0 radical (unpaired) electrons. The van der Waals surface area contributed by atoms with E-state index in [-0.39, 0.29) is 17.8 Å². The van der Waals surface area contributed by atoms with Gasteiger partial charge in [0.2, 0.25) is 0 Å². The van der Waals surface area contributed by atoms with E-state index in [9.17, 15) is 18.0 Å². The van der Waals surface area contributed by atoms with Crippen LogP contribution in [0, 0.1) is 6.92 Å². The minimum atomic E-state index is -4.46. The van der Waals surface area contributed by atoms with Gasteiger partial charge in [-0.2, -0.15) is 18.3 Å². The van der Waals surface area contributed by atoms with Gasteiger partial charge >= 0.3 is 6.18 Å². The summed E-state index contributed by atoms with van der Waals surface area (Å²) in [7, 11) is 0. The van der Waals surface area contributed by atoms with Crippen molar-refractivity contribution in [3.05, 3.63) is 77.2 Å². The predicted molar refractivity (Wildman–Crippen MR) is 113 cm³/mol. The summed E-state index contributed by atoms with van der Waals surface area (Å²) in [5, 5.41) is 7.17. The van der Waals surface area contributed by atoms with Gasteiger partial charge in [-0.15, -0.1) is 0 Å². The van der Waals surface area contributed by atoms with Crippen LogP contribution in [0.15, 0.2) is 54.9 Å². The summed E-state index contributed by atoms with van der Waals surface area (Å²) in [4.78, 5) is 19.1. The highest BCUT2D eigenvalue weighted by atomic mass is 19.4. The second kappa shape index (κ2) is 9.12. The number of pyridine rings is 1. The number of carbonyl (C=O) groups excluding carboxylic acids is 1. The number of hydrogen-bond donors (Lipinski definition) is 1. The molecule has 0 unspecified atom stereocenters. The molecule has 1 atom stereocenters. The molecule has 1 saturated heterocycles. The van der Waals surface area contributed by atoms with Crippen LogP contribution in [-0.4, -0.2) is 45.2 Å². The molecule has 1 amide bonds. The van der Waals surface area contributed by atoms with E-state index in [1.54, 1.807) is 6.92 Å². The summed E-state index contributed by atoms with van der Waals surface area (Å²) < 4.78 is 39.7. The van der Waals surface area contributed by atoms with Crippen molar-refractivity contribution in [3.63, 3.8) is 0 Å². The highest BCUT2D eigenvalue weighted by Crippen LogP contribution is 2.29. The molecule has 3 heterocycles. The first-order valence-corrected chi connectivity index (χ1v) is 10.5. The van der Waals surface area contributed by atoms with Gasteiger partial charge in [-0.1, -0.05) is 30.3 Å². The smallest absolute Gasteiger partial charge is 0.350 e. The van der Waals surface area contributed by atoms with Crippen LogP contribution in [0.2, 0.25) is 0 Å². The zero-order valence-electron chi connectivity index (χ0n) is 17.6. The van der Waals surface area contributed by atoms with Crippen molar-refractivity contribution in [1.29, 1.82) is 0 Å². The van der Waals surface area contributed by atoms with Crippen molar-refractivity contribution in [2.75, 3.05) is 19.6 Å². The van der Waals surface area contributed by atoms with Crippen LogP contribution in [-0.2, 0) is 6.18 Å². The van der Waals surface area contributed by atoms with Gasteiger partial charge < -0.3 is 5.32 Å². The summed E-state index contributed by atoms with van der Waals surface area (Å²) in [6, 6.07) is 12.3. The number of amides is 1. The molecule has 1 aromatic carbocycles. The lowest BCUT2D eigenvalue weighted by molar-refractivity contribution is -0.137. The van der Waals surface area contributed by atoms with Gasteiger partial charge in [0.1, 0.15) is 0 Å². The predicted octanol–water partition coefficient (Wildman–Crippen LogP) is 4.16. The number of carbonyl (C=O) groups is 1. The highest BCUT2D eigenvalue weighted by molar-refractivity contribution is 5.95. The second-order valence-corrected chi connectivity index (χ2v) is 7.84. The largest absolute Gasteiger partial charge is 0.417 e. The monoisotopic (exact) mass is 443 g/mol. The van der Waals surface area contributed by atoms with Crippen LogP contribution < -0.4 is 5.32 Å². The number of halogens is 3. The Kier molecular flexibility index (Phi) is 6.27. The van der Waals surface area contributed by atoms with E-state index in [1.165, 1.54) is 16.9 Å². The Hall–Kier alpha value is -3.20. The Morgan fingerprint density at radius 2 is 1.81 bits per heavy atom. The lowest BCUT2D eigenvalue weighted by Crippen LogP contribution is -2.36. The first-order valence-electron chi connectivity index (χ1n) is 10.5. The number of rotatable bonds is 6. The first kappa shape index (κ1) is 22.0. The number of nitrogens with zero attached hydrogens (tertiary/aromatic N) is 4. The van der Waals surface area contributed by atoms with Crippen LogP contribution in [0.1, 0.15) is 46.1 Å². The Morgan fingerprint density at radius 3 is 2.44 bits per heavy atom. The van der Waals surface area contributed by atoms with Gasteiger partial charge in [0.25, 0.3) is 5.91 Å². The average Bonchev–Trinajstić information content (AvgIpc) is 3.44. The zero-order chi connectivity index (χ0) is 22.7. The molecule has 1 N–H and O–H groups in total. The Morgan fingerprint density at radius 1 is 1.09 bits per heavy atom. The van der Waals surface area contributed by atoms with Crippen LogP contribution >= 0.6 is 0 Å². The van der Waals surface area contributed by atoms with Crippen molar-refractivity contribution in [3.8, 4) is 5.82 Å². The Labute approximate surface area is 184 Å². The zero-order valence-corrected chi connectivity index (χ0v) is 17.6. The SMILES string of the molecule is Cc1c(C(=O)NC[C@@H](c2ccccc2)N2CCCC2)cnn1-c1ccc(C(F)(F)F)cn1. The van der Waals surface area contributed by atoms with Crippen molar-refractivity contribution in [2.24, 2.45) is 0 Å². The maximum absolute atomic E-state index is 12.9. The number of nitrogens with one attached hydrogen (secondary N) is 1. The maximum atomic E-state index is 12.9. The summed E-state index contributed by atoms with van der Waals surface area (Å²) in [5.74, 6) is -0.0606. The van der Waals surface area contributed by atoms with Crippen LogP contribution in [0.3, 0.4) is 0 Å². The highest BCUT2D eigenvalue weighted by Gasteiger charge is 2.31. The molecule has 4 rings (SSSR count). The van der Waals surface area contributed by atoms with Crippen molar-refractivity contribution in [1.82, 2.24) is 25.0 Å². The molecule has 3 aromatic rings. The Balaban J connectivity index is 1.48. The maximum Gasteiger partial charge on any atom is 0.417 e. The fourth-order valence-corrected chi connectivity index (χ4v) is 4.01. The Bertz CT molecular complexity index is 1060. The average molecular weight is 443 g/mol. The van der Waals surface area contributed by atoms with Gasteiger partial charge in [0, 0.05) is 12.7 Å². The molecular weight excluding hydrogens is 419 g/mol.